The SMILES string of the molecule is CC(O)CCCC=Cc1ccc(-c2ccc(O)nc2)cc1. The predicted octanol–water partition coefficient (Wildman–Crippen LogP) is 4.02. The summed E-state index contributed by atoms with van der Waals surface area (Å²) in [5, 5.41) is 18.4. The Morgan fingerprint density at radius 1 is 1.10 bits per heavy atom. The number of pyridine rings is 1. The number of unbranched alkanes of at least 4 members (excludes halogenated alkanes) is 1. The molecule has 2 aromatic rings. The van der Waals surface area contributed by atoms with E-state index in [9.17, 15) is 10.2 Å². The highest BCUT2D eigenvalue weighted by atomic mass is 16.3. The van der Waals surface area contributed by atoms with Crippen LogP contribution in [0.3, 0.4) is 0 Å². The topological polar surface area (TPSA) is 53.4 Å². The van der Waals surface area contributed by atoms with E-state index in [-0.39, 0.29) is 12.0 Å². The predicted molar refractivity (Wildman–Crippen MR) is 85.9 cm³/mol. The van der Waals surface area contributed by atoms with E-state index in [0.717, 1.165) is 36.0 Å². The van der Waals surface area contributed by atoms with Gasteiger partial charge >= 0.3 is 0 Å². The van der Waals surface area contributed by atoms with Gasteiger partial charge < -0.3 is 10.2 Å². The van der Waals surface area contributed by atoms with E-state index in [1.807, 2.05) is 25.1 Å². The number of allylic oxidation sites excluding steroid dienone is 1. The van der Waals surface area contributed by atoms with Crippen molar-refractivity contribution >= 4 is 6.08 Å². The van der Waals surface area contributed by atoms with Crippen molar-refractivity contribution in [1.29, 1.82) is 0 Å². The summed E-state index contributed by atoms with van der Waals surface area (Å²) in [6.07, 6.45) is 8.52. The van der Waals surface area contributed by atoms with Crippen molar-refractivity contribution in [2.24, 2.45) is 0 Å². The van der Waals surface area contributed by atoms with Gasteiger partial charge in [0, 0.05) is 17.8 Å². The van der Waals surface area contributed by atoms with Crippen LogP contribution in [0, 0.1) is 0 Å². The molecule has 0 fully saturated rings. The molecule has 1 atom stereocenters. The van der Waals surface area contributed by atoms with Crippen molar-refractivity contribution in [3.8, 4) is 17.0 Å². The van der Waals surface area contributed by atoms with Crippen LogP contribution < -0.4 is 0 Å². The number of hydrogen-bond acceptors (Lipinski definition) is 3. The summed E-state index contributed by atoms with van der Waals surface area (Å²) in [6, 6.07) is 11.7. The molecule has 0 saturated heterocycles. The molecule has 0 aliphatic heterocycles. The van der Waals surface area contributed by atoms with Crippen LogP contribution in [-0.4, -0.2) is 21.3 Å². The van der Waals surface area contributed by atoms with E-state index < -0.39 is 0 Å². The number of aliphatic hydroxyl groups excluding tert-OH is 1. The van der Waals surface area contributed by atoms with Crippen LogP contribution in [-0.2, 0) is 0 Å². The van der Waals surface area contributed by atoms with E-state index in [1.54, 1.807) is 12.3 Å². The van der Waals surface area contributed by atoms with Crippen molar-refractivity contribution in [3.05, 3.63) is 54.2 Å². The zero-order chi connectivity index (χ0) is 15.1. The van der Waals surface area contributed by atoms with Crippen LogP contribution >= 0.6 is 0 Å². The summed E-state index contributed by atoms with van der Waals surface area (Å²) in [5.74, 6) is 0.0375. The minimum absolute atomic E-state index is 0.0375. The third-order valence-electron chi connectivity index (χ3n) is 3.29. The molecule has 1 aromatic heterocycles. The highest BCUT2D eigenvalue weighted by Crippen LogP contribution is 2.20. The number of benzene rings is 1. The average Bonchev–Trinajstić information content (AvgIpc) is 2.48. The third kappa shape index (κ3) is 5.04. The second kappa shape index (κ2) is 7.60. The third-order valence-corrected chi connectivity index (χ3v) is 3.29. The van der Waals surface area contributed by atoms with Crippen LogP contribution in [0.25, 0.3) is 17.2 Å². The van der Waals surface area contributed by atoms with Crippen LogP contribution in [0.15, 0.2) is 48.7 Å². The van der Waals surface area contributed by atoms with Gasteiger partial charge in [0.25, 0.3) is 0 Å². The van der Waals surface area contributed by atoms with Gasteiger partial charge in [-0.2, -0.15) is 0 Å². The second-order valence-corrected chi connectivity index (χ2v) is 5.21. The fourth-order valence-corrected chi connectivity index (χ4v) is 2.09. The van der Waals surface area contributed by atoms with Gasteiger partial charge in [-0.15, -0.1) is 0 Å². The number of aromatic hydroxyl groups is 1. The van der Waals surface area contributed by atoms with Crippen molar-refractivity contribution in [2.45, 2.75) is 32.3 Å². The lowest BCUT2D eigenvalue weighted by atomic mass is 10.1. The second-order valence-electron chi connectivity index (χ2n) is 5.21. The Kier molecular flexibility index (Phi) is 5.52. The Morgan fingerprint density at radius 2 is 1.81 bits per heavy atom. The van der Waals surface area contributed by atoms with E-state index in [4.69, 9.17) is 0 Å². The lowest BCUT2D eigenvalue weighted by molar-refractivity contribution is 0.182. The van der Waals surface area contributed by atoms with Gasteiger partial charge in [0.1, 0.15) is 0 Å². The molecular weight excluding hydrogens is 262 g/mol. The molecule has 0 amide bonds. The largest absolute Gasteiger partial charge is 0.493 e. The first kappa shape index (κ1) is 15.3. The molecule has 1 aromatic carbocycles. The summed E-state index contributed by atoms with van der Waals surface area (Å²) < 4.78 is 0. The summed E-state index contributed by atoms with van der Waals surface area (Å²) in [5.41, 5.74) is 3.22. The highest BCUT2D eigenvalue weighted by molar-refractivity contribution is 5.65. The Labute approximate surface area is 125 Å². The molecule has 0 spiro atoms. The molecule has 21 heavy (non-hydrogen) atoms. The Morgan fingerprint density at radius 3 is 2.43 bits per heavy atom. The number of rotatable bonds is 6. The molecule has 0 bridgehead atoms. The molecule has 1 unspecified atom stereocenters. The fourth-order valence-electron chi connectivity index (χ4n) is 2.09. The molecule has 0 aliphatic carbocycles. The lowest BCUT2D eigenvalue weighted by Gasteiger charge is -2.02. The highest BCUT2D eigenvalue weighted by Gasteiger charge is 1.98. The smallest absolute Gasteiger partial charge is 0.210 e. The van der Waals surface area contributed by atoms with E-state index in [1.165, 1.54) is 0 Å². The van der Waals surface area contributed by atoms with Crippen molar-refractivity contribution < 1.29 is 10.2 Å². The molecule has 2 rings (SSSR count). The standard InChI is InChI=1S/C18H21NO2/c1-14(20)5-3-2-4-6-15-7-9-16(10-8-15)17-11-12-18(21)19-13-17/h4,6-14,20H,2-3,5H2,1H3,(H,19,21). The number of aliphatic hydroxyl groups is 1. The van der Waals surface area contributed by atoms with Gasteiger partial charge in [-0.05, 0) is 43.4 Å². The van der Waals surface area contributed by atoms with Crippen LogP contribution in [0.1, 0.15) is 31.7 Å². The first-order chi connectivity index (χ1) is 10.1. The minimum atomic E-state index is -0.211. The molecule has 1 heterocycles. The lowest BCUT2D eigenvalue weighted by Crippen LogP contribution is -1.97. The Bertz CT molecular complexity index is 571. The maximum atomic E-state index is 9.19. The molecule has 110 valence electrons. The van der Waals surface area contributed by atoms with Gasteiger partial charge in [0.05, 0.1) is 6.10 Å². The van der Waals surface area contributed by atoms with Crippen LogP contribution in [0.2, 0.25) is 0 Å². The monoisotopic (exact) mass is 283 g/mol. The fraction of sp³-hybridized carbons (Fsp3) is 0.278. The molecule has 0 saturated carbocycles. The normalized spacial score (nSPS) is 12.7. The average molecular weight is 283 g/mol. The zero-order valence-electron chi connectivity index (χ0n) is 12.2. The van der Waals surface area contributed by atoms with Gasteiger partial charge in [-0.3, -0.25) is 0 Å². The van der Waals surface area contributed by atoms with Crippen LogP contribution in [0.4, 0.5) is 0 Å². The maximum Gasteiger partial charge on any atom is 0.210 e. The van der Waals surface area contributed by atoms with E-state index >= 15 is 0 Å². The zero-order valence-corrected chi connectivity index (χ0v) is 12.2. The molecular formula is C18H21NO2. The minimum Gasteiger partial charge on any atom is -0.493 e. The van der Waals surface area contributed by atoms with E-state index in [0.29, 0.717) is 0 Å². The molecule has 3 nitrogen and oxygen atoms in total. The first-order valence-corrected chi connectivity index (χ1v) is 7.25. The Balaban J connectivity index is 1.92. The molecule has 2 N–H and O–H groups in total. The van der Waals surface area contributed by atoms with Crippen molar-refractivity contribution in [3.63, 3.8) is 0 Å². The number of hydrogen-bond donors (Lipinski definition) is 2. The summed E-state index contributed by atoms with van der Waals surface area (Å²) in [6.45, 7) is 1.82. The summed E-state index contributed by atoms with van der Waals surface area (Å²) in [7, 11) is 0. The van der Waals surface area contributed by atoms with Gasteiger partial charge in [0.15, 0.2) is 0 Å². The maximum absolute atomic E-state index is 9.19. The quantitative estimate of drug-likeness (QED) is 0.787. The van der Waals surface area contributed by atoms with E-state index in [2.05, 4.69) is 29.3 Å². The van der Waals surface area contributed by atoms with Gasteiger partial charge in [0.2, 0.25) is 5.88 Å². The van der Waals surface area contributed by atoms with Gasteiger partial charge in [-0.1, -0.05) is 36.4 Å². The van der Waals surface area contributed by atoms with Crippen molar-refractivity contribution in [1.82, 2.24) is 4.98 Å². The van der Waals surface area contributed by atoms with Gasteiger partial charge in [-0.25, -0.2) is 4.98 Å². The molecule has 0 radical (unpaired) electrons. The van der Waals surface area contributed by atoms with Crippen LogP contribution in [0.5, 0.6) is 5.88 Å². The molecule has 0 aliphatic rings. The molecule has 3 heteroatoms. The van der Waals surface area contributed by atoms with Crippen molar-refractivity contribution in [2.75, 3.05) is 0 Å². The summed E-state index contributed by atoms with van der Waals surface area (Å²) in [4.78, 5) is 3.88. The summed E-state index contributed by atoms with van der Waals surface area (Å²) >= 11 is 0. The number of nitrogens with zero attached hydrogens (tertiary/aromatic N) is 1. The Hall–Kier alpha value is -2.13. The first-order valence-electron chi connectivity index (χ1n) is 7.25. The number of aromatic nitrogens is 1.